The van der Waals surface area contributed by atoms with Crippen molar-refractivity contribution in [1.82, 2.24) is 25.4 Å². The third-order valence-electron chi connectivity index (χ3n) is 4.54. The number of benzene rings is 1. The summed E-state index contributed by atoms with van der Waals surface area (Å²) in [5.41, 5.74) is 2.12. The van der Waals surface area contributed by atoms with E-state index in [1.807, 2.05) is 35.8 Å². The molecule has 3 rings (SSSR count). The summed E-state index contributed by atoms with van der Waals surface area (Å²) in [4.78, 5) is 26.0. The summed E-state index contributed by atoms with van der Waals surface area (Å²) < 4.78 is 1.99. The molecule has 154 valence electrons. The van der Waals surface area contributed by atoms with Gasteiger partial charge in [0, 0.05) is 19.6 Å². The predicted molar refractivity (Wildman–Crippen MR) is 115 cm³/mol. The van der Waals surface area contributed by atoms with E-state index < -0.39 is 11.9 Å². The second kappa shape index (κ2) is 10.1. The molecule has 2 heterocycles. The number of carbonyl (C=O) groups excluding carboxylic acids is 2. The number of hydrogen-bond donors (Lipinski definition) is 2. The molecule has 0 bridgehead atoms. The summed E-state index contributed by atoms with van der Waals surface area (Å²) in [6, 6.07) is 7.60. The maximum atomic E-state index is 12.1. The second-order valence-electron chi connectivity index (χ2n) is 6.84. The maximum absolute atomic E-state index is 12.1. The molecule has 29 heavy (non-hydrogen) atoms. The number of carbonyl (C=O) groups is 2. The number of urea groups is 1. The number of nitrogens with zero attached hydrogens (tertiary/aromatic N) is 4. The molecule has 1 saturated heterocycles. The van der Waals surface area contributed by atoms with E-state index in [0.717, 1.165) is 37.6 Å². The van der Waals surface area contributed by atoms with Crippen molar-refractivity contribution in [3.05, 3.63) is 42.5 Å². The first-order chi connectivity index (χ1) is 14.1. The second-order valence-corrected chi connectivity index (χ2v) is 7.78. The SMILES string of the molecule is C=CCNC(=O)NC(=O)CSc1nnc(N2CCCCC2)n1-c1ccc(C)cc1. The third-order valence-corrected chi connectivity index (χ3v) is 5.47. The Balaban J connectivity index is 1.76. The van der Waals surface area contributed by atoms with Crippen LogP contribution < -0.4 is 15.5 Å². The van der Waals surface area contributed by atoms with Crippen LogP contribution in [0.1, 0.15) is 24.8 Å². The van der Waals surface area contributed by atoms with E-state index in [0.29, 0.717) is 11.7 Å². The van der Waals surface area contributed by atoms with Crippen molar-refractivity contribution in [2.45, 2.75) is 31.3 Å². The minimum atomic E-state index is -0.537. The fourth-order valence-corrected chi connectivity index (χ4v) is 3.82. The molecule has 0 spiro atoms. The van der Waals surface area contributed by atoms with Gasteiger partial charge in [-0.15, -0.1) is 16.8 Å². The number of rotatable bonds is 7. The van der Waals surface area contributed by atoms with Gasteiger partial charge in [-0.1, -0.05) is 35.5 Å². The lowest BCUT2D eigenvalue weighted by molar-refractivity contribution is -0.117. The molecule has 0 atom stereocenters. The lowest BCUT2D eigenvalue weighted by atomic mass is 10.1. The van der Waals surface area contributed by atoms with E-state index in [-0.39, 0.29) is 5.75 Å². The lowest BCUT2D eigenvalue weighted by Gasteiger charge is -2.27. The van der Waals surface area contributed by atoms with Crippen LogP contribution in [0, 0.1) is 6.92 Å². The molecule has 1 aliphatic heterocycles. The number of hydrogen-bond acceptors (Lipinski definition) is 6. The average molecular weight is 415 g/mol. The van der Waals surface area contributed by atoms with E-state index >= 15 is 0 Å². The van der Waals surface area contributed by atoms with Gasteiger partial charge in [-0.05, 0) is 38.3 Å². The molecule has 0 unspecified atom stereocenters. The summed E-state index contributed by atoms with van der Waals surface area (Å²) in [7, 11) is 0. The molecule has 2 N–H and O–H groups in total. The number of thioether (sulfide) groups is 1. The number of nitrogens with one attached hydrogen (secondary N) is 2. The number of aromatic nitrogens is 3. The molecule has 8 nitrogen and oxygen atoms in total. The maximum Gasteiger partial charge on any atom is 0.321 e. The highest BCUT2D eigenvalue weighted by Crippen LogP contribution is 2.28. The highest BCUT2D eigenvalue weighted by molar-refractivity contribution is 7.99. The van der Waals surface area contributed by atoms with Gasteiger partial charge in [0.1, 0.15) is 0 Å². The van der Waals surface area contributed by atoms with Gasteiger partial charge in [-0.2, -0.15) is 0 Å². The summed E-state index contributed by atoms with van der Waals surface area (Å²) in [6.07, 6.45) is 5.03. The number of piperidine rings is 1. The molecule has 0 saturated carbocycles. The minimum Gasteiger partial charge on any atom is -0.341 e. The van der Waals surface area contributed by atoms with Gasteiger partial charge in [-0.3, -0.25) is 14.7 Å². The van der Waals surface area contributed by atoms with Crippen LogP contribution in [0.5, 0.6) is 0 Å². The van der Waals surface area contributed by atoms with Crippen LogP contribution in [0.3, 0.4) is 0 Å². The van der Waals surface area contributed by atoms with Crippen LogP contribution in [0.25, 0.3) is 5.69 Å². The lowest BCUT2D eigenvalue weighted by Crippen LogP contribution is -2.40. The molecule has 2 aromatic rings. The average Bonchev–Trinajstić information content (AvgIpc) is 3.16. The Kier molecular flexibility index (Phi) is 7.29. The van der Waals surface area contributed by atoms with Gasteiger partial charge in [0.15, 0.2) is 5.16 Å². The zero-order chi connectivity index (χ0) is 20.6. The largest absolute Gasteiger partial charge is 0.341 e. The van der Waals surface area contributed by atoms with Gasteiger partial charge in [0.2, 0.25) is 11.9 Å². The van der Waals surface area contributed by atoms with Crippen molar-refractivity contribution in [1.29, 1.82) is 0 Å². The van der Waals surface area contributed by atoms with Gasteiger partial charge >= 0.3 is 6.03 Å². The van der Waals surface area contributed by atoms with Crippen molar-refractivity contribution in [2.24, 2.45) is 0 Å². The summed E-state index contributed by atoms with van der Waals surface area (Å²) in [6.45, 7) is 7.74. The standard InChI is InChI=1S/C20H26N6O2S/c1-3-11-21-18(28)22-17(27)14-29-20-24-23-19(25-12-5-4-6-13-25)26(20)16-9-7-15(2)8-10-16/h3,7-10H,1,4-6,11-14H2,2H3,(H2,21,22,27,28). The van der Waals surface area contributed by atoms with Crippen LogP contribution in [-0.2, 0) is 4.79 Å². The van der Waals surface area contributed by atoms with Crippen LogP contribution in [-0.4, -0.2) is 52.1 Å². The first-order valence-corrected chi connectivity index (χ1v) is 10.7. The molecule has 1 aromatic carbocycles. The zero-order valence-electron chi connectivity index (χ0n) is 16.6. The van der Waals surface area contributed by atoms with E-state index in [9.17, 15) is 9.59 Å². The molecular weight excluding hydrogens is 388 g/mol. The van der Waals surface area contributed by atoms with Crippen molar-refractivity contribution in [3.63, 3.8) is 0 Å². The molecule has 1 fully saturated rings. The molecule has 9 heteroatoms. The van der Waals surface area contributed by atoms with Crippen molar-refractivity contribution < 1.29 is 9.59 Å². The molecule has 0 aliphatic carbocycles. The number of amides is 3. The van der Waals surface area contributed by atoms with E-state index in [2.05, 4.69) is 32.3 Å². The number of anilines is 1. The van der Waals surface area contributed by atoms with Gasteiger partial charge in [0.05, 0.1) is 11.4 Å². The van der Waals surface area contributed by atoms with E-state index in [4.69, 9.17) is 0 Å². The molecule has 1 aliphatic rings. The molecule has 0 radical (unpaired) electrons. The van der Waals surface area contributed by atoms with Gasteiger partial charge < -0.3 is 10.2 Å². The number of imide groups is 1. The molecule has 3 amide bonds. The first-order valence-electron chi connectivity index (χ1n) is 9.67. The van der Waals surface area contributed by atoms with Crippen molar-refractivity contribution in [2.75, 3.05) is 30.3 Å². The Morgan fingerprint density at radius 2 is 1.90 bits per heavy atom. The normalized spacial score (nSPS) is 13.8. The van der Waals surface area contributed by atoms with Gasteiger partial charge in [0.25, 0.3) is 0 Å². The summed E-state index contributed by atoms with van der Waals surface area (Å²) >= 11 is 1.26. The Hall–Kier alpha value is -2.81. The van der Waals surface area contributed by atoms with E-state index in [1.54, 1.807) is 6.08 Å². The van der Waals surface area contributed by atoms with Crippen molar-refractivity contribution in [3.8, 4) is 5.69 Å². The van der Waals surface area contributed by atoms with Crippen LogP contribution in [0.4, 0.5) is 10.7 Å². The molecular formula is C20H26N6O2S. The smallest absolute Gasteiger partial charge is 0.321 e. The Labute approximate surface area is 174 Å². The third kappa shape index (κ3) is 5.60. The highest BCUT2D eigenvalue weighted by Gasteiger charge is 2.22. The van der Waals surface area contributed by atoms with Crippen LogP contribution >= 0.6 is 11.8 Å². The fraction of sp³-hybridized carbons (Fsp3) is 0.400. The first kappa shape index (κ1) is 20.9. The quantitative estimate of drug-likeness (QED) is 0.535. The van der Waals surface area contributed by atoms with Crippen molar-refractivity contribution >= 4 is 29.6 Å². The van der Waals surface area contributed by atoms with E-state index in [1.165, 1.54) is 23.7 Å². The monoisotopic (exact) mass is 414 g/mol. The Morgan fingerprint density at radius 3 is 2.59 bits per heavy atom. The zero-order valence-corrected chi connectivity index (χ0v) is 17.4. The van der Waals surface area contributed by atoms with Crippen LogP contribution in [0.2, 0.25) is 0 Å². The topological polar surface area (TPSA) is 92.2 Å². The fourth-order valence-electron chi connectivity index (χ4n) is 3.08. The molecule has 1 aromatic heterocycles. The Morgan fingerprint density at radius 1 is 1.17 bits per heavy atom. The van der Waals surface area contributed by atoms with Crippen LogP contribution in [0.15, 0.2) is 42.1 Å². The summed E-state index contributed by atoms with van der Waals surface area (Å²) in [5, 5.41) is 14.2. The Bertz CT molecular complexity index is 858. The minimum absolute atomic E-state index is 0.0610. The van der Waals surface area contributed by atoms with Gasteiger partial charge in [-0.25, -0.2) is 4.79 Å². The number of aryl methyl sites for hydroxylation is 1. The summed E-state index contributed by atoms with van der Waals surface area (Å²) in [5.74, 6) is 0.459. The highest BCUT2D eigenvalue weighted by atomic mass is 32.2. The predicted octanol–water partition coefficient (Wildman–Crippen LogP) is 2.67.